The van der Waals surface area contributed by atoms with E-state index in [-0.39, 0.29) is 0 Å². The van der Waals surface area contributed by atoms with Crippen LogP contribution in [-0.4, -0.2) is 58.5 Å². The zero-order chi connectivity index (χ0) is 19.3. The fourth-order valence-electron chi connectivity index (χ4n) is 4.62. The van der Waals surface area contributed by atoms with E-state index in [0.29, 0.717) is 12.6 Å². The van der Waals surface area contributed by atoms with Crippen LogP contribution in [0.3, 0.4) is 0 Å². The average Bonchev–Trinajstić information content (AvgIpc) is 2.89. The molecule has 6 heteroatoms. The van der Waals surface area contributed by atoms with Gasteiger partial charge in [-0.1, -0.05) is 19.3 Å². The Kier molecular flexibility index (Phi) is 6.47. The van der Waals surface area contributed by atoms with Gasteiger partial charge in [0.25, 0.3) is 0 Å². The number of piperidine rings is 1. The molecule has 1 atom stereocenters. The minimum Gasteiger partial charge on any atom is -0.374 e. The smallest absolute Gasteiger partial charge is 0.160 e. The molecule has 0 aliphatic carbocycles. The molecule has 2 saturated heterocycles. The van der Waals surface area contributed by atoms with Crippen molar-refractivity contribution in [1.29, 1.82) is 0 Å². The predicted octanol–water partition coefficient (Wildman–Crippen LogP) is 3.74. The molecular formula is C22H35N5O. The summed E-state index contributed by atoms with van der Waals surface area (Å²) in [6.07, 6.45) is 9.20. The number of fused-ring (bicyclic) bond motifs is 1. The van der Waals surface area contributed by atoms with Crippen LogP contribution in [0.25, 0.3) is 11.0 Å². The van der Waals surface area contributed by atoms with Gasteiger partial charge in [-0.2, -0.15) is 5.10 Å². The van der Waals surface area contributed by atoms with Crippen molar-refractivity contribution in [3.8, 4) is 0 Å². The van der Waals surface area contributed by atoms with Gasteiger partial charge in [0, 0.05) is 38.1 Å². The van der Waals surface area contributed by atoms with E-state index in [9.17, 15) is 0 Å². The van der Waals surface area contributed by atoms with Crippen LogP contribution in [0.2, 0.25) is 0 Å². The average molecular weight is 386 g/mol. The molecule has 2 aromatic heterocycles. The molecule has 6 nitrogen and oxygen atoms in total. The molecule has 0 aromatic carbocycles. The number of nitrogens with zero attached hydrogens (tertiary/aromatic N) is 5. The van der Waals surface area contributed by atoms with Crippen molar-refractivity contribution in [1.82, 2.24) is 19.7 Å². The van der Waals surface area contributed by atoms with Crippen LogP contribution in [-0.2, 0) is 18.4 Å². The van der Waals surface area contributed by atoms with Gasteiger partial charge in [-0.3, -0.25) is 9.58 Å². The number of aryl methyl sites for hydroxylation is 1. The van der Waals surface area contributed by atoms with Crippen molar-refractivity contribution in [2.75, 3.05) is 37.7 Å². The molecular weight excluding hydrogens is 350 g/mol. The summed E-state index contributed by atoms with van der Waals surface area (Å²) in [5.41, 5.74) is 1.96. The molecule has 28 heavy (non-hydrogen) atoms. The van der Waals surface area contributed by atoms with Crippen LogP contribution in [0.15, 0.2) is 12.1 Å². The minimum absolute atomic E-state index is 0.560. The number of anilines is 1. The fourth-order valence-corrected chi connectivity index (χ4v) is 4.62. The quantitative estimate of drug-likeness (QED) is 0.709. The first-order valence-corrected chi connectivity index (χ1v) is 11.1. The third kappa shape index (κ3) is 4.49. The zero-order valence-corrected chi connectivity index (χ0v) is 17.6. The van der Waals surface area contributed by atoms with Crippen LogP contribution in [0.4, 0.5) is 5.82 Å². The lowest BCUT2D eigenvalue weighted by Gasteiger charge is -2.33. The predicted molar refractivity (Wildman–Crippen MR) is 114 cm³/mol. The molecule has 1 unspecified atom stereocenters. The largest absolute Gasteiger partial charge is 0.374 e. The molecule has 2 fully saturated rings. The number of likely N-dealkylation sites (tertiary alicyclic amines) is 1. The first-order chi connectivity index (χ1) is 13.7. The van der Waals surface area contributed by atoms with Crippen molar-refractivity contribution in [2.24, 2.45) is 7.05 Å². The number of hydrogen-bond donors (Lipinski definition) is 0. The van der Waals surface area contributed by atoms with Gasteiger partial charge < -0.3 is 9.64 Å². The Morgan fingerprint density at radius 2 is 1.82 bits per heavy atom. The van der Waals surface area contributed by atoms with Crippen LogP contribution in [0, 0.1) is 0 Å². The van der Waals surface area contributed by atoms with Gasteiger partial charge in [-0.25, -0.2) is 4.98 Å². The second-order valence-electron chi connectivity index (χ2n) is 8.45. The summed E-state index contributed by atoms with van der Waals surface area (Å²) >= 11 is 0. The number of ether oxygens (including phenoxy) is 1. The second kappa shape index (κ2) is 9.23. The number of hydrogen-bond acceptors (Lipinski definition) is 5. The summed E-state index contributed by atoms with van der Waals surface area (Å²) in [4.78, 5) is 9.91. The summed E-state index contributed by atoms with van der Waals surface area (Å²) < 4.78 is 7.90. The topological polar surface area (TPSA) is 46.4 Å². The first-order valence-electron chi connectivity index (χ1n) is 11.1. The van der Waals surface area contributed by atoms with Crippen molar-refractivity contribution < 1.29 is 4.74 Å². The lowest BCUT2D eigenvalue weighted by Crippen LogP contribution is -2.39. The second-order valence-corrected chi connectivity index (χ2v) is 8.45. The van der Waals surface area contributed by atoms with Crippen LogP contribution < -0.4 is 4.90 Å². The molecule has 154 valence electrons. The van der Waals surface area contributed by atoms with Gasteiger partial charge in [-0.05, 0) is 51.3 Å². The Bertz CT molecular complexity index is 766. The highest BCUT2D eigenvalue weighted by Crippen LogP contribution is 2.23. The van der Waals surface area contributed by atoms with Crippen LogP contribution in [0.5, 0.6) is 0 Å². The summed E-state index contributed by atoms with van der Waals surface area (Å²) in [5.74, 6) is 1.09. The number of pyridine rings is 1. The van der Waals surface area contributed by atoms with Gasteiger partial charge >= 0.3 is 0 Å². The van der Waals surface area contributed by atoms with E-state index < -0.39 is 0 Å². The molecule has 0 spiro atoms. The monoisotopic (exact) mass is 385 g/mol. The molecule has 2 aromatic rings. The maximum Gasteiger partial charge on any atom is 0.160 e. The maximum absolute atomic E-state index is 6.00. The number of rotatable bonds is 6. The molecule has 2 aliphatic heterocycles. The SMILES string of the molecule is CC1CCCCN1CCOCc1nn(C)c2nc(N3CCCCCC3)ccc12. The molecule has 0 amide bonds. The highest BCUT2D eigenvalue weighted by atomic mass is 16.5. The third-order valence-corrected chi connectivity index (χ3v) is 6.38. The van der Waals surface area contributed by atoms with Crippen LogP contribution in [0.1, 0.15) is 57.6 Å². The highest BCUT2D eigenvalue weighted by Gasteiger charge is 2.18. The summed E-state index contributed by atoms with van der Waals surface area (Å²) in [6.45, 7) is 8.11. The summed E-state index contributed by atoms with van der Waals surface area (Å²) in [7, 11) is 1.99. The van der Waals surface area contributed by atoms with E-state index in [1.165, 1.54) is 51.5 Å². The normalized spacial score (nSPS) is 21.9. The Balaban J connectivity index is 1.38. The molecule has 0 saturated carbocycles. The maximum atomic E-state index is 6.00. The molecule has 0 radical (unpaired) electrons. The Morgan fingerprint density at radius 1 is 1.04 bits per heavy atom. The van der Waals surface area contributed by atoms with Crippen molar-refractivity contribution >= 4 is 16.9 Å². The Labute approximate surface area is 168 Å². The van der Waals surface area contributed by atoms with E-state index >= 15 is 0 Å². The molecule has 4 heterocycles. The fraction of sp³-hybridized carbons (Fsp3) is 0.727. The Hall–Kier alpha value is -1.66. The first kappa shape index (κ1) is 19.6. The van der Waals surface area contributed by atoms with Gasteiger partial charge in [0.1, 0.15) is 5.82 Å². The zero-order valence-electron chi connectivity index (χ0n) is 17.6. The molecule has 4 rings (SSSR count). The minimum atomic E-state index is 0.560. The van der Waals surface area contributed by atoms with E-state index in [0.717, 1.165) is 48.8 Å². The van der Waals surface area contributed by atoms with Gasteiger partial charge in [0.2, 0.25) is 0 Å². The van der Waals surface area contributed by atoms with Crippen LogP contribution >= 0.6 is 0 Å². The lowest BCUT2D eigenvalue weighted by molar-refractivity contribution is 0.0673. The lowest BCUT2D eigenvalue weighted by atomic mass is 10.0. The third-order valence-electron chi connectivity index (χ3n) is 6.38. The van der Waals surface area contributed by atoms with Gasteiger partial charge in [0.05, 0.1) is 18.9 Å². The highest BCUT2D eigenvalue weighted by molar-refractivity contribution is 5.80. The van der Waals surface area contributed by atoms with E-state index in [2.05, 4.69) is 28.9 Å². The van der Waals surface area contributed by atoms with E-state index in [1.807, 2.05) is 11.7 Å². The van der Waals surface area contributed by atoms with Crippen molar-refractivity contribution in [3.05, 3.63) is 17.8 Å². The van der Waals surface area contributed by atoms with E-state index in [1.54, 1.807) is 0 Å². The van der Waals surface area contributed by atoms with Gasteiger partial charge in [-0.15, -0.1) is 0 Å². The number of aromatic nitrogens is 3. The van der Waals surface area contributed by atoms with E-state index in [4.69, 9.17) is 14.8 Å². The van der Waals surface area contributed by atoms with Crippen molar-refractivity contribution in [3.63, 3.8) is 0 Å². The van der Waals surface area contributed by atoms with Crippen molar-refractivity contribution in [2.45, 2.75) is 64.5 Å². The Morgan fingerprint density at radius 3 is 2.61 bits per heavy atom. The molecule has 0 N–H and O–H groups in total. The molecule has 2 aliphatic rings. The molecule has 0 bridgehead atoms. The summed E-state index contributed by atoms with van der Waals surface area (Å²) in [5, 5.41) is 5.81. The standard InChI is InChI=1S/C22H35N5O/c1-18-9-5-8-12-26(18)15-16-28-17-20-19-10-11-21(23-22(19)25(2)24-20)27-13-6-3-4-7-14-27/h10-11,18H,3-9,12-17H2,1-2H3. The van der Waals surface area contributed by atoms with Gasteiger partial charge in [0.15, 0.2) is 5.65 Å². The summed E-state index contributed by atoms with van der Waals surface area (Å²) in [6, 6.07) is 5.03.